The van der Waals surface area contributed by atoms with E-state index in [9.17, 15) is 9.59 Å². The van der Waals surface area contributed by atoms with Crippen LogP contribution in [0.25, 0.3) is 33.5 Å². The first kappa shape index (κ1) is 25.6. The minimum Gasteiger partial charge on any atom is -0.404 e. The van der Waals surface area contributed by atoms with Crippen LogP contribution in [0.5, 0.6) is 11.8 Å². The van der Waals surface area contributed by atoms with Gasteiger partial charge < -0.3 is 14.0 Å². The summed E-state index contributed by atoms with van der Waals surface area (Å²) >= 11 is 0. The second-order valence-corrected chi connectivity index (χ2v) is 8.89. The SMILES string of the molecule is CCCCc1nc2c(OC(C)=O)nnc(OC(C)=O)c2n1Cc1ccc(-c2ccccc2-c2nn[nH]n2)cc1. The molecule has 0 aliphatic rings. The summed E-state index contributed by atoms with van der Waals surface area (Å²) in [4.78, 5) is 28.3. The average molecular weight is 527 g/mol. The number of imidazole rings is 1. The third kappa shape index (κ3) is 5.49. The van der Waals surface area contributed by atoms with E-state index in [1.165, 1.54) is 13.8 Å². The van der Waals surface area contributed by atoms with Gasteiger partial charge in [-0.3, -0.25) is 9.59 Å². The van der Waals surface area contributed by atoms with Gasteiger partial charge in [0.1, 0.15) is 11.3 Å². The Balaban J connectivity index is 1.56. The van der Waals surface area contributed by atoms with E-state index in [1.807, 2.05) is 53.1 Å². The molecule has 5 aromatic rings. The number of nitrogens with zero attached hydrogens (tertiary/aromatic N) is 7. The molecule has 0 saturated carbocycles. The van der Waals surface area contributed by atoms with E-state index in [2.05, 4.69) is 37.7 Å². The summed E-state index contributed by atoms with van der Waals surface area (Å²) in [7, 11) is 0. The number of aryl methyl sites for hydroxylation is 1. The Morgan fingerprint density at radius 1 is 0.897 bits per heavy atom. The van der Waals surface area contributed by atoms with Gasteiger partial charge in [-0.2, -0.15) is 5.21 Å². The van der Waals surface area contributed by atoms with Gasteiger partial charge in [-0.05, 0) is 28.3 Å². The topological polar surface area (TPSA) is 151 Å². The highest BCUT2D eigenvalue weighted by Crippen LogP contribution is 2.33. The number of nitrogens with one attached hydrogen (secondary N) is 1. The summed E-state index contributed by atoms with van der Waals surface area (Å²) in [6.45, 7) is 5.08. The standard InChI is InChI=1S/C27H26N8O4/c1-4-5-10-22-28-23-24(27(39-17(3)37)32-31-26(23)38-16(2)36)35(22)15-18-11-13-19(14-12-18)20-8-6-7-9-21(20)25-29-33-34-30-25/h6-9,11-14H,4-5,10,15H2,1-3H3,(H,29,30,33,34). The molecule has 0 aliphatic heterocycles. The number of ether oxygens (including phenoxy) is 2. The van der Waals surface area contributed by atoms with Gasteiger partial charge in [-0.15, -0.1) is 20.4 Å². The highest BCUT2D eigenvalue weighted by Gasteiger charge is 2.23. The largest absolute Gasteiger partial charge is 0.404 e. The molecule has 0 unspecified atom stereocenters. The van der Waals surface area contributed by atoms with E-state index in [-0.39, 0.29) is 11.8 Å². The summed E-state index contributed by atoms with van der Waals surface area (Å²) in [6, 6.07) is 15.9. The first-order valence-electron chi connectivity index (χ1n) is 12.5. The van der Waals surface area contributed by atoms with Gasteiger partial charge in [-0.1, -0.05) is 61.9 Å². The van der Waals surface area contributed by atoms with Crippen LogP contribution in [0.1, 0.15) is 45.0 Å². The quantitative estimate of drug-likeness (QED) is 0.280. The van der Waals surface area contributed by atoms with Crippen LogP contribution < -0.4 is 9.47 Å². The maximum Gasteiger partial charge on any atom is 0.309 e. The molecule has 5 rings (SSSR count). The maximum absolute atomic E-state index is 11.8. The summed E-state index contributed by atoms with van der Waals surface area (Å²) in [6.07, 6.45) is 2.52. The fraction of sp³-hybridized carbons (Fsp3) is 0.259. The molecule has 0 radical (unpaired) electrons. The van der Waals surface area contributed by atoms with Gasteiger partial charge in [0.15, 0.2) is 5.52 Å². The third-order valence-corrected chi connectivity index (χ3v) is 6.04. The van der Waals surface area contributed by atoms with Gasteiger partial charge in [0, 0.05) is 32.4 Å². The van der Waals surface area contributed by atoms with Crippen LogP contribution in [0.2, 0.25) is 0 Å². The number of fused-ring (bicyclic) bond motifs is 1. The lowest BCUT2D eigenvalue weighted by molar-refractivity contribution is -0.133. The van der Waals surface area contributed by atoms with Crippen LogP contribution in [-0.4, -0.2) is 52.3 Å². The molecule has 0 atom stereocenters. The van der Waals surface area contributed by atoms with Crippen molar-refractivity contribution in [3.05, 3.63) is 59.9 Å². The normalized spacial score (nSPS) is 11.1. The first-order chi connectivity index (χ1) is 18.9. The number of rotatable bonds is 9. The Hall–Kier alpha value is -5.00. The zero-order valence-corrected chi connectivity index (χ0v) is 21.7. The monoisotopic (exact) mass is 526 g/mol. The van der Waals surface area contributed by atoms with Crippen LogP contribution in [0.15, 0.2) is 48.5 Å². The van der Waals surface area contributed by atoms with Crippen LogP contribution >= 0.6 is 0 Å². The van der Waals surface area contributed by atoms with Gasteiger partial charge in [0.05, 0.1) is 0 Å². The molecule has 0 amide bonds. The number of tetrazole rings is 1. The fourth-order valence-electron chi connectivity index (χ4n) is 4.33. The van der Waals surface area contributed by atoms with Crippen molar-refractivity contribution >= 4 is 23.0 Å². The van der Waals surface area contributed by atoms with E-state index in [0.717, 1.165) is 40.9 Å². The maximum atomic E-state index is 11.8. The Bertz CT molecular complexity index is 1630. The first-order valence-corrected chi connectivity index (χ1v) is 12.5. The number of carbonyl (C=O) groups excluding carboxylic acids is 2. The van der Waals surface area contributed by atoms with Crippen molar-refractivity contribution in [3.8, 4) is 34.3 Å². The van der Waals surface area contributed by atoms with Crippen molar-refractivity contribution in [2.45, 2.75) is 46.6 Å². The van der Waals surface area contributed by atoms with E-state index in [4.69, 9.17) is 14.5 Å². The van der Waals surface area contributed by atoms with Crippen LogP contribution in [0, 0.1) is 0 Å². The molecule has 198 valence electrons. The smallest absolute Gasteiger partial charge is 0.309 e. The Morgan fingerprint density at radius 2 is 1.59 bits per heavy atom. The van der Waals surface area contributed by atoms with Crippen LogP contribution in [0.3, 0.4) is 0 Å². The second kappa shape index (κ2) is 11.2. The molecule has 12 nitrogen and oxygen atoms in total. The minimum atomic E-state index is -0.549. The predicted molar refractivity (Wildman–Crippen MR) is 141 cm³/mol. The molecule has 39 heavy (non-hydrogen) atoms. The Morgan fingerprint density at radius 3 is 2.26 bits per heavy atom. The molecule has 0 aliphatic carbocycles. The van der Waals surface area contributed by atoms with Gasteiger partial charge in [0.2, 0.25) is 5.82 Å². The lowest BCUT2D eigenvalue weighted by atomic mass is 9.98. The van der Waals surface area contributed by atoms with E-state index >= 15 is 0 Å². The molecule has 0 bridgehead atoms. The molecule has 2 aromatic carbocycles. The zero-order chi connectivity index (χ0) is 27.4. The van der Waals surface area contributed by atoms with Gasteiger partial charge >= 0.3 is 11.9 Å². The highest BCUT2D eigenvalue weighted by atomic mass is 16.6. The Labute approximate surface area is 223 Å². The van der Waals surface area contributed by atoms with E-state index in [0.29, 0.717) is 29.8 Å². The number of esters is 2. The minimum absolute atomic E-state index is 0.00862. The number of hydrogen-bond donors (Lipinski definition) is 1. The van der Waals surface area contributed by atoms with E-state index in [1.54, 1.807) is 0 Å². The number of hydrogen-bond acceptors (Lipinski definition) is 10. The summed E-state index contributed by atoms with van der Waals surface area (Å²) in [5.41, 5.74) is 4.56. The number of H-pyrrole nitrogens is 1. The number of aromatic nitrogens is 8. The van der Waals surface area contributed by atoms with Crippen molar-refractivity contribution in [3.63, 3.8) is 0 Å². The van der Waals surface area contributed by atoms with Crippen LogP contribution in [-0.2, 0) is 22.6 Å². The van der Waals surface area contributed by atoms with Gasteiger partial charge in [0.25, 0.3) is 11.8 Å². The van der Waals surface area contributed by atoms with E-state index < -0.39 is 11.9 Å². The molecule has 1 N–H and O–H groups in total. The number of aromatic amines is 1. The zero-order valence-electron chi connectivity index (χ0n) is 21.7. The average Bonchev–Trinajstić information content (AvgIpc) is 3.58. The molecular formula is C27H26N8O4. The molecule has 3 aromatic heterocycles. The highest BCUT2D eigenvalue weighted by molar-refractivity contribution is 5.88. The molecular weight excluding hydrogens is 500 g/mol. The molecule has 12 heteroatoms. The lowest BCUT2D eigenvalue weighted by Crippen LogP contribution is -2.11. The summed E-state index contributed by atoms with van der Waals surface area (Å²) in [5.74, 6) is 0.149. The summed E-state index contributed by atoms with van der Waals surface area (Å²) < 4.78 is 12.6. The third-order valence-electron chi connectivity index (χ3n) is 6.04. The Kier molecular flexibility index (Phi) is 7.34. The molecule has 3 heterocycles. The number of unbranched alkanes of at least 4 members (excludes halogenated alkanes) is 1. The van der Waals surface area contributed by atoms with Crippen molar-refractivity contribution in [1.82, 2.24) is 40.4 Å². The van der Waals surface area contributed by atoms with Crippen molar-refractivity contribution in [2.75, 3.05) is 0 Å². The molecule has 0 saturated heterocycles. The number of benzene rings is 2. The number of carbonyl (C=O) groups is 2. The lowest BCUT2D eigenvalue weighted by Gasteiger charge is -2.12. The molecule has 0 fully saturated rings. The predicted octanol–water partition coefficient (Wildman–Crippen LogP) is 3.91. The van der Waals surface area contributed by atoms with Crippen molar-refractivity contribution in [1.29, 1.82) is 0 Å². The van der Waals surface area contributed by atoms with Crippen molar-refractivity contribution in [2.24, 2.45) is 0 Å². The second-order valence-electron chi connectivity index (χ2n) is 8.89. The van der Waals surface area contributed by atoms with Crippen molar-refractivity contribution < 1.29 is 19.1 Å². The van der Waals surface area contributed by atoms with Crippen LogP contribution in [0.4, 0.5) is 0 Å². The molecule has 0 spiro atoms. The van der Waals surface area contributed by atoms with Gasteiger partial charge in [-0.25, -0.2) is 4.98 Å². The fourth-order valence-corrected chi connectivity index (χ4v) is 4.33. The summed E-state index contributed by atoms with van der Waals surface area (Å²) in [5, 5.41) is 22.4.